The van der Waals surface area contributed by atoms with E-state index in [4.69, 9.17) is 34.1 Å². The summed E-state index contributed by atoms with van der Waals surface area (Å²) in [7, 11) is 3.32. The predicted octanol–water partition coefficient (Wildman–Crippen LogP) is 5.90. The number of ether oxygens (including phenoxy) is 3. The molecule has 0 spiro atoms. The molecular weight excluding hydrogens is 632 g/mol. The molecule has 2 aromatic heterocycles. The van der Waals surface area contributed by atoms with Crippen molar-refractivity contribution < 1.29 is 19.0 Å². The van der Waals surface area contributed by atoms with Gasteiger partial charge in [-0.05, 0) is 60.4 Å². The van der Waals surface area contributed by atoms with Gasteiger partial charge < -0.3 is 29.3 Å². The minimum Gasteiger partial charge on any atom is -0.497 e. The zero-order valence-corrected chi connectivity index (χ0v) is 28.5. The van der Waals surface area contributed by atoms with Gasteiger partial charge in [0.05, 0.1) is 33.1 Å². The van der Waals surface area contributed by atoms with Gasteiger partial charge >= 0.3 is 6.03 Å². The Labute approximate surface area is 291 Å². The summed E-state index contributed by atoms with van der Waals surface area (Å²) in [5.74, 6) is 3.35. The Morgan fingerprint density at radius 1 is 0.840 bits per heavy atom. The largest absolute Gasteiger partial charge is 0.497 e. The van der Waals surface area contributed by atoms with Gasteiger partial charge in [-0.3, -0.25) is 4.90 Å². The summed E-state index contributed by atoms with van der Waals surface area (Å²) >= 11 is 0. The predicted molar refractivity (Wildman–Crippen MR) is 193 cm³/mol. The second kappa shape index (κ2) is 14.8. The van der Waals surface area contributed by atoms with Crippen molar-refractivity contribution in [3.05, 3.63) is 107 Å². The van der Waals surface area contributed by atoms with Crippen LogP contribution in [0.4, 0.5) is 28.2 Å². The first kappa shape index (κ1) is 32.8. The highest BCUT2D eigenvalue weighted by atomic mass is 16.5. The van der Waals surface area contributed by atoms with E-state index in [2.05, 4.69) is 15.1 Å². The van der Waals surface area contributed by atoms with Crippen molar-refractivity contribution in [2.45, 2.75) is 26.4 Å². The third-order valence-electron chi connectivity index (χ3n) is 9.00. The Morgan fingerprint density at radius 3 is 2.06 bits per heavy atom. The number of hydrogen-bond acceptors (Lipinski definition) is 10. The number of anilines is 4. The zero-order chi connectivity index (χ0) is 34.5. The first-order chi connectivity index (χ1) is 24.5. The summed E-state index contributed by atoms with van der Waals surface area (Å²) in [6.07, 6.45) is 4.25. The molecule has 2 amide bonds. The number of aromatic nitrogens is 4. The number of fused-ring (bicyclic) bond motifs is 1. The second-order valence-corrected chi connectivity index (χ2v) is 12.2. The minimum absolute atomic E-state index is 0.227. The molecule has 12 nitrogen and oxygen atoms in total. The van der Waals surface area contributed by atoms with Gasteiger partial charge in [0.1, 0.15) is 17.3 Å². The lowest BCUT2D eigenvalue weighted by atomic mass is 10.1. The van der Waals surface area contributed by atoms with E-state index in [1.807, 2.05) is 92.1 Å². The lowest BCUT2D eigenvalue weighted by Crippen LogP contribution is -2.38. The van der Waals surface area contributed by atoms with Gasteiger partial charge in [-0.2, -0.15) is 4.98 Å². The molecule has 2 aliphatic heterocycles. The van der Waals surface area contributed by atoms with E-state index in [9.17, 15) is 4.79 Å². The number of aryl methyl sites for hydroxylation is 1. The number of benzene rings is 3. The molecule has 1 N–H and O–H groups in total. The average Bonchev–Trinajstić information content (AvgIpc) is 3.60. The van der Waals surface area contributed by atoms with Crippen LogP contribution in [0.5, 0.6) is 11.5 Å². The normalized spacial score (nSPS) is 13.9. The van der Waals surface area contributed by atoms with Crippen LogP contribution in [0.2, 0.25) is 0 Å². The Bertz CT molecular complexity index is 1880. The molecular formula is C38H40N8O4. The zero-order valence-electron chi connectivity index (χ0n) is 28.5. The standard InChI is InChI=1S/C38H40N8O4/c1-26-6-4-5-7-33(26)41-38(47)46-17-16-32-34(42-37(43-35(32)46)44-18-20-50-21-19-44)29-22-39-36(40-23-29)45(24-27-8-12-30(48-2)13-9-27)25-28-10-14-31(49-3)15-11-28/h4-15,22-23H,16-21,24-25H2,1-3H3,(H,41,47). The van der Waals surface area contributed by atoms with Crippen LogP contribution in [0.25, 0.3) is 11.3 Å². The highest BCUT2D eigenvalue weighted by molar-refractivity contribution is 6.03. The van der Waals surface area contributed by atoms with Crippen LogP contribution in [0.15, 0.2) is 85.2 Å². The van der Waals surface area contributed by atoms with Gasteiger partial charge in [-0.15, -0.1) is 0 Å². The molecule has 1 saturated heterocycles. The van der Waals surface area contributed by atoms with Gasteiger partial charge in [0.2, 0.25) is 11.9 Å². The number of urea groups is 1. The van der Waals surface area contributed by atoms with Crippen molar-refractivity contribution in [2.24, 2.45) is 0 Å². The maximum absolute atomic E-state index is 13.6. The summed E-state index contributed by atoms with van der Waals surface area (Å²) in [6.45, 7) is 6.13. The molecule has 0 saturated carbocycles. The Morgan fingerprint density at radius 2 is 1.46 bits per heavy atom. The van der Waals surface area contributed by atoms with E-state index in [0.717, 1.165) is 50.7 Å². The molecule has 3 aromatic carbocycles. The number of hydrogen-bond donors (Lipinski definition) is 1. The number of carbonyl (C=O) groups excluding carboxylic acids is 1. The Hall–Kier alpha value is -5.75. The molecule has 50 heavy (non-hydrogen) atoms. The molecule has 4 heterocycles. The van der Waals surface area contributed by atoms with Crippen LogP contribution in [0.1, 0.15) is 22.3 Å². The minimum atomic E-state index is -0.227. The molecule has 0 atom stereocenters. The van der Waals surface area contributed by atoms with Crippen LogP contribution >= 0.6 is 0 Å². The Kier molecular flexibility index (Phi) is 9.70. The smallest absolute Gasteiger partial charge is 0.327 e. The molecule has 256 valence electrons. The average molecular weight is 673 g/mol. The lowest BCUT2D eigenvalue weighted by molar-refractivity contribution is 0.122. The lowest BCUT2D eigenvalue weighted by Gasteiger charge is -2.28. The van der Waals surface area contributed by atoms with E-state index in [-0.39, 0.29) is 6.03 Å². The highest BCUT2D eigenvalue weighted by Gasteiger charge is 2.32. The van der Waals surface area contributed by atoms with Gasteiger partial charge in [0.25, 0.3) is 0 Å². The molecule has 0 bridgehead atoms. The number of rotatable bonds is 10. The monoisotopic (exact) mass is 672 g/mol. The summed E-state index contributed by atoms with van der Waals surface area (Å²) in [5, 5.41) is 3.07. The Balaban J connectivity index is 1.21. The molecule has 0 aliphatic carbocycles. The first-order valence-corrected chi connectivity index (χ1v) is 16.7. The van der Waals surface area contributed by atoms with Crippen LogP contribution in [0.3, 0.4) is 0 Å². The van der Waals surface area contributed by atoms with E-state index in [0.29, 0.717) is 70.1 Å². The number of methoxy groups -OCH3 is 2. The summed E-state index contributed by atoms with van der Waals surface area (Å²) < 4.78 is 16.3. The number of para-hydroxylation sites is 1. The van der Waals surface area contributed by atoms with Crippen molar-refractivity contribution >= 4 is 29.4 Å². The van der Waals surface area contributed by atoms with Gasteiger partial charge in [0, 0.05) is 61.9 Å². The quantitative estimate of drug-likeness (QED) is 0.192. The summed E-state index contributed by atoms with van der Waals surface area (Å²) in [5.41, 5.74) is 6.34. The summed E-state index contributed by atoms with van der Waals surface area (Å²) in [6, 6.07) is 23.5. The van der Waals surface area contributed by atoms with Crippen molar-refractivity contribution in [1.82, 2.24) is 19.9 Å². The molecule has 2 aliphatic rings. The number of morpholine rings is 1. The fourth-order valence-electron chi connectivity index (χ4n) is 6.19. The van der Waals surface area contributed by atoms with Crippen LogP contribution in [-0.4, -0.2) is 73.0 Å². The number of amides is 2. The third kappa shape index (κ3) is 7.15. The van der Waals surface area contributed by atoms with E-state index in [1.54, 1.807) is 19.1 Å². The SMILES string of the molecule is COc1ccc(CN(Cc2ccc(OC)cc2)c2ncc(-c3nc(N4CCOCC4)nc4c3CCN4C(=O)Nc3ccccc3C)cn2)cc1. The second-order valence-electron chi connectivity index (χ2n) is 12.2. The molecule has 7 rings (SSSR count). The van der Waals surface area contributed by atoms with Crippen LogP contribution in [0, 0.1) is 6.92 Å². The number of nitrogens with one attached hydrogen (secondary N) is 1. The van der Waals surface area contributed by atoms with Gasteiger partial charge in [0.15, 0.2) is 0 Å². The third-order valence-corrected chi connectivity index (χ3v) is 9.00. The maximum Gasteiger partial charge on any atom is 0.327 e. The number of nitrogens with zero attached hydrogens (tertiary/aromatic N) is 7. The van der Waals surface area contributed by atoms with Gasteiger partial charge in [-0.1, -0.05) is 42.5 Å². The van der Waals surface area contributed by atoms with E-state index >= 15 is 0 Å². The number of carbonyl (C=O) groups is 1. The van der Waals surface area contributed by atoms with Crippen molar-refractivity contribution in [3.8, 4) is 22.8 Å². The van der Waals surface area contributed by atoms with Crippen LogP contribution < -0.4 is 29.5 Å². The van der Waals surface area contributed by atoms with Crippen molar-refractivity contribution in [1.29, 1.82) is 0 Å². The fourth-order valence-corrected chi connectivity index (χ4v) is 6.19. The molecule has 0 unspecified atom stereocenters. The van der Waals surface area contributed by atoms with Crippen molar-refractivity contribution in [3.63, 3.8) is 0 Å². The van der Waals surface area contributed by atoms with Gasteiger partial charge in [-0.25, -0.2) is 19.7 Å². The van der Waals surface area contributed by atoms with Crippen LogP contribution in [-0.2, 0) is 24.2 Å². The molecule has 5 aromatic rings. The molecule has 12 heteroatoms. The topological polar surface area (TPSA) is 118 Å². The van der Waals surface area contributed by atoms with Crippen molar-refractivity contribution in [2.75, 3.05) is 67.1 Å². The fraction of sp³-hybridized carbons (Fsp3) is 0.289. The maximum atomic E-state index is 13.6. The highest BCUT2D eigenvalue weighted by Crippen LogP contribution is 2.36. The van der Waals surface area contributed by atoms with E-state index in [1.165, 1.54) is 0 Å². The molecule has 1 fully saturated rings. The summed E-state index contributed by atoms with van der Waals surface area (Å²) in [4.78, 5) is 39.3. The first-order valence-electron chi connectivity index (χ1n) is 16.7. The molecule has 0 radical (unpaired) electrons. The van der Waals surface area contributed by atoms with E-state index < -0.39 is 0 Å².